The van der Waals surface area contributed by atoms with E-state index in [0.29, 0.717) is 5.82 Å². The summed E-state index contributed by atoms with van der Waals surface area (Å²) in [6.45, 7) is 3.80. The first kappa shape index (κ1) is 15.6. The molecular weight excluding hydrogens is 292 g/mol. The van der Waals surface area contributed by atoms with E-state index in [4.69, 9.17) is 0 Å². The molecule has 3 rings (SSSR count). The lowest BCUT2D eigenvalue weighted by Gasteiger charge is -2.24. The maximum absolute atomic E-state index is 12.5. The second kappa shape index (κ2) is 6.87. The van der Waals surface area contributed by atoms with Crippen LogP contribution < -0.4 is 5.32 Å². The molecule has 1 aliphatic rings. The summed E-state index contributed by atoms with van der Waals surface area (Å²) in [5.41, 5.74) is 2.09. The second-order valence-electron chi connectivity index (χ2n) is 5.95. The quantitative estimate of drug-likeness (QED) is 0.886. The number of likely N-dealkylation sites (tertiary alicyclic amines) is 1. The fourth-order valence-electron chi connectivity index (χ4n) is 2.95. The SMILES string of the molecule is CNCC1CCCN1C(=O)Cn1nnc(-c2ccc(C)cc2)n1. The number of benzene rings is 1. The minimum Gasteiger partial charge on any atom is -0.337 e. The Morgan fingerprint density at radius 2 is 2.13 bits per heavy atom. The average molecular weight is 314 g/mol. The number of likely N-dealkylation sites (N-methyl/N-ethyl adjacent to an activating group) is 1. The van der Waals surface area contributed by atoms with E-state index in [2.05, 4.69) is 20.7 Å². The minimum absolute atomic E-state index is 0.0515. The van der Waals surface area contributed by atoms with Crippen molar-refractivity contribution < 1.29 is 4.79 Å². The largest absolute Gasteiger partial charge is 0.337 e. The van der Waals surface area contributed by atoms with Gasteiger partial charge in [-0.15, -0.1) is 10.2 Å². The third-order valence-corrected chi connectivity index (χ3v) is 4.18. The Kier molecular flexibility index (Phi) is 4.66. The lowest BCUT2D eigenvalue weighted by atomic mass is 10.1. The summed E-state index contributed by atoms with van der Waals surface area (Å²) in [5, 5.41) is 15.5. The van der Waals surface area contributed by atoms with Crippen molar-refractivity contribution in [1.82, 2.24) is 30.4 Å². The van der Waals surface area contributed by atoms with E-state index in [1.54, 1.807) is 0 Å². The molecule has 0 aliphatic carbocycles. The second-order valence-corrected chi connectivity index (χ2v) is 5.95. The number of nitrogens with one attached hydrogen (secondary N) is 1. The summed E-state index contributed by atoms with van der Waals surface area (Å²) in [7, 11) is 1.91. The first-order chi connectivity index (χ1) is 11.2. The van der Waals surface area contributed by atoms with E-state index >= 15 is 0 Å². The summed E-state index contributed by atoms with van der Waals surface area (Å²) in [6.07, 6.45) is 2.10. The third-order valence-electron chi connectivity index (χ3n) is 4.18. The van der Waals surface area contributed by atoms with Gasteiger partial charge in [-0.25, -0.2) is 0 Å². The summed E-state index contributed by atoms with van der Waals surface area (Å²) in [5.74, 6) is 0.599. The minimum atomic E-state index is 0.0515. The molecule has 1 aromatic heterocycles. The molecule has 7 nitrogen and oxygen atoms in total. The van der Waals surface area contributed by atoms with Gasteiger partial charge in [-0.3, -0.25) is 4.79 Å². The molecule has 1 saturated heterocycles. The topological polar surface area (TPSA) is 75.9 Å². The molecule has 0 radical (unpaired) electrons. The molecule has 2 aromatic rings. The van der Waals surface area contributed by atoms with Gasteiger partial charge in [0.2, 0.25) is 11.7 Å². The molecule has 2 heterocycles. The summed E-state index contributed by atoms with van der Waals surface area (Å²) < 4.78 is 0. The highest BCUT2D eigenvalue weighted by molar-refractivity contribution is 5.76. The van der Waals surface area contributed by atoms with Crippen molar-refractivity contribution in [2.45, 2.75) is 32.4 Å². The molecule has 0 spiro atoms. The molecule has 1 fully saturated rings. The highest BCUT2D eigenvalue weighted by atomic mass is 16.2. The van der Waals surface area contributed by atoms with Gasteiger partial charge in [0, 0.05) is 24.7 Å². The Balaban J connectivity index is 1.66. The van der Waals surface area contributed by atoms with E-state index in [9.17, 15) is 4.79 Å². The molecule has 1 atom stereocenters. The first-order valence-corrected chi connectivity index (χ1v) is 7.96. The Hall–Kier alpha value is -2.28. The number of rotatable bonds is 5. The lowest BCUT2D eigenvalue weighted by Crippen LogP contribution is -2.42. The van der Waals surface area contributed by atoms with Crippen LogP contribution in [0.3, 0.4) is 0 Å². The number of carbonyl (C=O) groups is 1. The van der Waals surface area contributed by atoms with Gasteiger partial charge in [0.1, 0.15) is 6.54 Å². The molecule has 0 saturated carbocycles. The van der Waals surface area contributed by atoms with Crippen LogP contribution in [0, 0.1) is 6.92 Å². The average Bonchev–Trinajstić information content (AvgIpc) is 3.18. The molecule has 1 N–H and O–H groups in total. The molecule has 0 bridgehead atoms. The normalized spacial score (nSPS) is 17.7. The van der Waals surface area contributed by atoms with Gasteiger partial charge in [-0.2, -0.15) is 4.80 Å². The van der Waals surface area contributed by atoms with Gasteiger partial charge in [0.05, 0.1) is 0 Å². The van der Waals surface area contributed by atoms with Gasteiger partial charge in [0.15, 0.2) is 0 Å². The van der Waals surface area contributed by atoms with Crippen molar-refractivity contribution in [2.24, 2.45) is 0 Å². The van der Waals surface area contributed by atoms with Gasteiger partial charge in [-0.1, -0.05) is 29.8 Å². The van der Waals surface area contributed by atoms with Gasteiger partial charge in [0.25, 0.3) is 0 Å². The zero-order valence-corrected chi connectivity index (χ0v) is 13.6. The first-order valence-electron chi connectivity index (χ1n) is 7.96. The van der Waals surface area contributed by atoms with Crippen LogP contribution >= 0.6 is 0 Å². The van der Waals surface area contributed by atoms with Crippen molar-refractivity contribution in [3.8, 4) is 11.4 Å². The van der Waals surface area contributed by atoms with E-state index in [1.165, 1.54) is 10.4 Å². The van der Waals surface area contributed by atoms with E-state index in [0.717, 1.165) is 31.5 Å². The number of nitrogens with zero attached hydrogens (tertiary/aromatic N) is 5. The monoisotopic (exact) mass is 314 g/mol. The van der Waals surface area contributed by atoms with Gasteiger partial charge in [-0.05, 0) is 32.0 Å². The van der Waals surface area contributed by atoms with Crippen molar-refractivity contribution in [3.63, 3.8) is 0 Å². The molecule has 1 unspecified atom stereocenters. The van der Waals surface area contributed by atoms with E-state index in [1.807, 2.05) is 43.1 Å². The zero-order chi connectivity index (χ0) is 16.2. The zero-order valence-electron chi connectivity index (χ0n) is 13.6. The maximum atomic E-state index is 12.5. The van der Waals surface area contributed by atoms with Gasteiger partial charge >= 0.3 is 0 Å². The lowest BCUT2D eigenvalue weighted by molar-refractivity contribution is -0.133. The number of tetrazole rings is 1. The Morgan fingerprint density at radius 3 is 2.87 bits per heavy atom. The smallest absolute Gasteiger partial charge is 0.246 e. The van der Waals surface area contributed by atoms with Crippen LogP contribution in [0.25, 0.3) is 11.4 Å². The molecule has 23 heavy (non-hydrogen) atoms. The number of carbonyl (C=O) groups excluding carboxylic acids is 1. The van der Waals surface area contributed by atoms with Crippen molar-refractivity contribution in [2.75, 3.05) is 20.1 Å². The fourth-order valence-corrected chi connectivity index (χ4v) is 2.95. The van der Waals surface area contributed by atoms with Crippen LogP contribution in [0.1, 0.15) is 18.4 Å². The summed E-state index contributed by atoms with van der Waals surface area (Å²) in [4.78, 5) is 15.8. The molecular formula is C16H22N6O. The van der Waals surface area contributed by atoms with E-state index in [-0.39, 0.29) is 18.5 Å². The number of aromatic nitrogens is 4. The number of hydrogen-bond acceptors (Lipinski definition) is 5. The fraction of sp³-hybridized carbons (Fsp3) is 0.500. The number of amides is 1. The molecule has 1 aliphatic heterocycles. The number of aryl methyl sites for hydroxylation is 1. The van der Waals surface area contributed by atoms with Crippen LogP contribution in [0.5, 0.6) is 0 Å². The Labute approximate surface area is 135 Å². The van der Waals surface area contributed by atoms with E-state index < -0.39 is 0 Å². The molecule has 122 valence electrons. The van der Waals surface area contributed by atoms with Crippen LogP contribution in [-0.2, 0) is 11.3 Å². The molecule has 1 amide bonds. The Bertz CT molecular complexity index is 665. The van der Waals surface area contributed by atoms with Crippen LogP contribution in [0.4, 0.5) is 0 Å². The van der Waals surface area contributed by atoms with Crippen molar-refractivity contribution >= 4 is 5.91 Å². The number of hydrogen-bond donors (Lipinski definition) is 1. The van der Waals surface area contributed by atoms with Crippen LogP contribution in [0.2, 0.25) is 0 Å². The van der Waals surface area contributed by atoms with Gasteiger partial charge < -0.3 is 10.2 Å². The highest BCUT2D eigenvalue weighted by Gasteiger charge is 2.28. The predicted octanol–water partition coefficient (Wildman–Crippen LogP) is 0.859. The summed E-state index contributed by atoms with van der Waals surface area (Å²) >= 11 is 0. The predicted molar refractivity (Wildman–Crippen MR) is 86.7 cm³/mol. The summed E-state index contributed by atoms with van der Waals surface area (Å²) in [6, 6.07) is 8.21. The molecule has 1 aromatic carbocycles. The van der Waals surface area contributed by atoms with Crippen LogP contribution in [-0.4, -0.2) is 57.2 Å². The van der Waals surface area contributed by atoms with Crippen molar-refractivity contribution in [1.29, 1.82) is 0 Å². The molecule has 7 heteroatoms. The maximum Gasteiger partial charge on any atom is 0.246 e. The standard InChI is InChI=1S/C16H22N6O/c1-12-5-7-13(8-6-12)16-18-20-22(19-16)11-15(23)21-9-3-4-14(21)10-17-2/h5-8,14,17H,3-4,9-11H2,1-2H3. The van der Waals surface area contributed by atoms with Crippen molar-refractivity contribution in [3.05, 3.63) is 29.8 Å². The van der Waals surface area contributed by atoms with Crippen LogP contribution in [0.15, 0.2) is 24.3 Å². The Morgan fingerprint density at radius 1 is 1.35 bits per heavy atom. The highest BCUT2D eigenvalue weighted by Crippen LogP contribution is 2.17. The third kappa shape index (κ3) is 3.56.